The van der Waals surface area contributed by atoms with Gasteiger partial charge in [-0.2, -0.15) is 0 Å². The molecule has 1 fully saturated rings. The normalized spacial score (nSPS) is 14.4. The molecule has 0 aromatic heterocycles. The van der Waals surface area contributed by atoms with Gasteiger partial charge in [0.05, 0.1) is 18.7 Å². The van der Waals surface area contributed by atoms with Crippen molar-refractivity contribution in [1.82, 2.24) is 10.2 Å². The number of nitrogens with zero attached hydrogens (tertiary/aromatic N) is 1. The van der Waals surface area contributed by atoms with Crippen LogP contribution < -0.4 is 25.8 Å². The molecule has 2 aromatic rings. The summed E-state index contributed by atoms with van der Waals surface area (Å²) >= 11 is 6.23. The van der Waals surface area contributed by atoms with Crippen molar-refractivity contribution in [2.24, 2.45) is 5.73 Å². The fourth-order valence-electron chi connectivity index (χ4n) is 3.56. The van der Waals surface area contributed by atoms with Gasteiger partial charge >= 0.3 is 0 Å². The highest BCUT2D eigenvalue weighted by Crippen LogP contribution is 2.36. The molecule has 0 spiro atoms. The highest BCUT2D eigenvalue weighted by Gasteiger charge is 2.24. The van der Waals surface area contributed by atoms with Crippen molar-refractivity contribution in [3.8, 4) is 11.5 Å². The third-order valence-electron chi connectivity index (χ3n) is 5.20. The predicted octanol–water partition coefficient (Wildman–Crippen LogP) is 2.05. The number of piperidine rings is 1. The van der Waals surface area contributed by atoms with E-state index < -0.39 is 5.91 Å². The van der Waals surface area contributed by atoms with Crippen LogP contribution in [0.3, 0.4) is 0 Å². The third kappa shape index (κ3) is 7.10. The van der Waals surface area contributed by atoms with E-state index in [-0.39, 0.29) is 41.0 Å². The fourth-order valence-corrected chi connectivity index (χ4v) is 3.83. The highest BCUT2D eigenvalue weighted by molar-refractivity contribution is 6.32. The lowest BCUT2D eigenvalue weighted by atomic mass is 10.0. The van der Waals surface area contributed by atoms with Gasteiger partial charge in [0.2, 0.25) is 5.91 Å². The monoisotopic (exact) mass is 474 g/mol. The van der Waals surface area contributed by atoms with E-state index in [9.17, 15) is 14.4 Å². The van der Waals surface area contributed by atoms with Crippen molar-refractivity contribution in [3.05, 3.63) is 53.1 Å². The molecule has 33 heavy (non-hydrogen) atoms. The van der Waals surface area contributed by atoms with E-state index in [4.69, 9.17) is 26.8 Å². The Kier molecular flexibility index (Phi) is 8.51. The van der Waals surface area contributed by atoms with Crippen LogP contribution in [0, 0.1) is 0 Å². The van der Waals surface area contributed by atoms with Gasteiger partial charge in [-0.25, -0.2) is 0 Å². The molecular weight excluding hydrogens is 448 g/mol. The van der Waals surface area contributed by atoms with Gasteiger partial charge in [-0.1, -0.05) is 29.8 Å². The van der Waals surface area contributed by atoms with E-state index in [0.29, 0.717) is 25.2 Å². The summed E-state index contributed by atoms with van der Waals surface area (Å²) in [6.07, 6.45) is 1.43. The van der Waals surface area contributed by atoms with Crippen LogP contribution in [0.15, 0.2) is 42.5 Å². The van der Waals surface area contributed by atoms with Crippen molar-refractivity contribution < 1.29 is 23.9 Å². The lowest BCUT2D eigenvalue weighted by Crippen LogP contribution is -2.46. The molecule has 0 atom stereocenters. The van der Waals surface area contributed by atoms with Crippen LogP contribution in [0.1, 0.15) is 23.2 Å². The summed E-state index contributed by atoms with van der Waals surface area (Å²) in [6, 6.07) is 12.3. The topological polar surface area (TPSA) is 123 Å². The van der Waals surface area contributed by atoms with E-state index in [1.807, 2.05) is 30.3 Å². The molecule has 0 radical (unpaired) electrons. The average Bonchev–Trinajstić information content (AvgIpc) is 2.79. The first-order chi connectivity index (χ1) is 15.9. The smallest absolute Gasteiger partial charge is 0.255 e. The number of methoxy groups -OCH3 is 1. The van der Waals surface area contributed by atoms with Crippen LogP contribution in [0.4, 0.5) is 5.69 Å². The molecule has 176 valence electrons. The number of nitrogens with two attached hydrogens (primary N) is 1. The number of nitrogens with one attached hydrogen (secondary N) is 2. The zero-order chi connectivity index (χ0) is 23.8. The molecule has 0 saturated carbocycles. The van der Waals surface area contributed by atoms with Gasteiger partial charge < -0.3 is 25.8 Å². The number of hydrogen-bond acceptors (Lipinski definition) is 6. The van der Waals surface area contributed by atoms with Crippen molar-refractivity contribution in [2.75, 3.05) is 38.7 Å². The zero-order valence-electron chi connectivity index (χ0n) is 18.3. The number of rotatable bonds is 9. The Morgan fingerprint density at radius 1 is 1.15 bits per heavy atom. The Balaban J connectivity index is 1.51. The van der Waals surface area contributed by atoms with Crippen molar-refractivity contribution >= 4 is 35.0 Å². The summed E-state index contributed by atoms with van der Waals surface area (Å²) in [5.41, 5.74) is 6.18. The highest BCUT2D eigenvalue weighted by atomic mass is 35.5. The Morgan fingerprint density at radius 3 is 2.48 bits per heavy atom. The summed E-state index contributed by atoms with van der Waals surface area (Å²) in [7, 11) is 1.41. The number of hydrogen-bond donors (Lipinski definition) is 3. The molecule has 2 aromatic carbocycles. The fraction of sp³-hybridized carbons (Fsp3) is 0.348. The Labute approximate surface area is 197 Å². The molecule has 10 heteroatoms. The first-order valence-electron chi connectivity index (χ1n) is 10.5. The maximum absolute atomic E-state index is 12.8. The Bertz CT molecular complexity index is 994. The van der Waals surface area contributed by atoms with Gasteiger partial charge in [0.25, 0.3) is 11.8 Å². The standard InChI is InChI=1S/C23H27ClN4O5/c1-32-19-12-15(11-18(24)22(19)33-14-20(25)29)23(31)27-17-7-9-28(10-8-17)13-21(30)26-16-5-3-2-4-6-16/h2-6,11-12,17H,7-10,13-14H2,1H3,(H2,25,29)(H,26,30)(H,27,31). The van der Waals surface area contributed by atoms with Crippen LogP contribution in [0.5, 0.6) is 11.5 Å². The first kappa shape index (κ1) is 24.3. The van der Waals surface area contributed by atoms with Crippen molar-refractivity contribution in [2.45, 2.75) is 18.9 Å². The minimum absolute atomic E-state index is 0.0264. The number of para-hydroxylation sites is 1. The van der Waals surface area contributed by atoms with Crippen LogP contribution in [-0.2, 0) is 9.59 Å². The van der Waals surface area contributed by atoms with E-state index in [1.165, 1.54) is 19.2 Å². The zero-order valence-corrected chi connectivity index (χ0v) is 19.1. The molecule has 1 heterocycles. The summed E-state index contributed by atoms with van der Waals surface area (Å²) < 4.78 is 10.5. The predicted molar refractivity (Wildman–Crippen MR) is 125 cm³/mol. The molecule has 1 saturated heterocycles. The molecule has 0 aliphatic carbocycles. The summed E-state index contributed by atoms with van der Waals surface area (Å²) in [4.78, 5) is 38.0. The van der Waals surface area contributed by atoms with Gasteiger partial charge in [0.15, 0.2) is 18.1 Å². The summed E-state index contributed by atoms with van der Waals surface area (Å²) in [5.74, 6) is -0.635. The molecule has 1 aliphatic rings. The van der Waals surface area contributed by atoms with Crippen molar-refractivity contribution in [3.63, 3.8) is 0 Å². The molecule has 9 nitrogen and oxygen atoms in total. The number of ether oxygens (including phenoxy) is 2. The molecule has 4 N–H and O–H groups in total. The van der Waals surface area contributed by atoms with E-state index in [0.717, 1.165) is 18.5 Å². The van der Waals surface area contributed by atoms with Gasteiger partial charge in [-0.3, -0.25) is 19.3 Å². The van der Waals surface area contributed by atoms with Crippen LogP contribution in [0.25, 0.3) is 0 Å². The van der Waals surface area contributed by atoms with Gasteiger partial charge in [0.1, 0.15) is 0 Å². The lowest BCUT2D eigenvalue weighted by molar-refractivity contribution is -0.120. The van der Waals surface area contributed by atoms with Crippen LogP contribution >= 0.6 is 11.6 Å². The number of primary amides is 1. The largest absolute Gasteiger partial charge is 0.493 e. The minimum atomic E-state index is -0.654. The van der Waals surface area contributed by atoms with Crippen LogP contribution in [-0.4, -0.2) is 62.0 Å². The van der Waals surface area contributed by atoms with Gasteiger partial charge in [-0.15, -0.1) is 0 Å². The number of benzene rings is 2. The maximum atomic E-state index is 12.8. The van der Waals surface area contributed by atoms with E-state index in [1.54, 1.807) is 0 Å². The van der Waals surface area contributed by atoms with E-state index >= 15 is 0 Å². The average molecular weight is 475 g/mol. The molecule has 0 unspecified atom stereocenters. The molecule has 1 aliphatic heterocycles. The number of likely N-dealkylation sites (tertiary alicyclic amines) is 1. The third-order valence-corrected chi connectivity index (χ3v) is 5.48. The molecule has 0 bridgehead atoms. The summed E-state index contributed by atoms with van der Waals surface area (Å²) in [6.45, 7) is 1.33. The van der Waals surface area contributed by atoms with E-state index in [2.05, 4.69) is 15.5 Å². The number of amides is 3. The first-order valence-corrected chi connectivity index (χ1v) is 10.9. The molecule has 3 rings (SSSR count). The second-order valence-electron chi connectivity index (χ2n) is 7.68. The molecule has 3 amide bonds. The Morgan fingerprint density at radius 2 is 1.85 bits per heavy atom. The van der Waals surface area contributed by atoms with Crippen molar-refractivity contribution in [1.29, 1.82) is 0 Å². The molecular formula is C23H27ClN4O5. The SMILES string of the molecule is COc1cc(C(=O)NC2CCN(CC(=O)Nc3ccccc3)CC2)cc(Cl)c1OCC(N)=O. The number of anilines is 1. The number of carbonyl (C=O) groups is 3. The van der Waals surface area contributed by atoms with Gasteiger partial charge in [-0.05, 0) is 37.1 Å². The second-order valence-corrected chi connectivity index (χ2v) is 8.09. The second kappa shape index (κ2) is 11.5. The minimum Gasteiger partial charge on any atom is -0.493 e. The van der Waals surface area contributed by atoms with Crippen LogP contribution in [0.2, 0.25) is 5.02 Å². The number of halogens is 1. The van der Waals surface area contributed by atoms with Gasteiger partial charge in [0, 0.05) is 30.4 Å². The number of carbonyl (C=O) groups excluding carboxylic acids is 3. The Hall–Kier alpha value is -3.30. The summed E-state index contributed by atoms with van der Waals surface area (Å²) in [5, 5.41) is 6.02. The lowest BCUT2D eigenvalue weighted by Gasteiger charge is -2.31. The maximum Gasteiger partial charge on any atom is 0.255 e. The quantitative estimate of drug-likeness (QED) is 0.511.